The minimum atomic E-state index is -3.14. The summed E-state index contributed by atoms with van der Waals surface area (Å²) in [5.74, 6) is -4.82. The molecule has 0 aliphatic carbocycles. The maximum Gasteiger partial charge on any atom is 0.338 e. The molecule has 2 aliphatic rings. The number of halogens is 3. The van der Waals surface area contributed by atoms with Crippen molar-refractivity contribution in [3.8, 4) is 0 Å². The van der Waals surface area contributed by atoms with Crippen LogP contribution >= 0.6 is 11.3 Å². The van der Waals surface area contributed by atoms with Gasteiger partial charge < -0.3 is 19.7 Å². The van der Waals surface area contributed by atoms with Crippen LogP contribution < -0.4 is 5.32 Å². The van der Waals surface area contributed by atoms with Crippen molar-refractivity contribution in [2.75, 3.05) is 47.4 Å². The minimum Gasteiger partial charge on any atom is -0.466 e. The van der Waals surface area contributed by atoms with E-state index in [1.165, 1.54) is 47.6 Å². The summed E-state index contributed by atoms with van der Waals surface area (Å²) in [4.78, 5) is 38.2. The highest BCUT2D eigenvalue weighted by Gasteiger charge is 2.50. The molecular weight excluding hydrogens is 535 g/mol. The van der Waals surface area contributed by atoms with Crippen molar-refractivity contribution in [1.82, 2.24) is 20.1 Å². The van der Waals surface area contributed by atoms with Gasteiger partial charge in [-0.05, 0) is 38.7 Å². The summed E-state index contributed by atoms with van der Waals surface area (Å²) >= 11 is 1.29. The zero-order valence-corrected chi connectivity index (χ0v) is 22.9. The number of alkyl halides is 2. The molecule has 1 aromatic carbocycles. The lowest BCUT2D eigenvalue weighted by atomic mass is 9.82. The largest absolute Gasteiger partial charge is 0.466 e. The van der Waals surface area contributed by atoms with Crippen LogP contribution in [0.2, 0.25) is 0 Å². The molecule has 2 atom stereocenters. The van der Waals surface area contributed by atoms with Gasteiger partial charge in [-0.2, -0.15) is 0 Å². The van der Waals surface area contributed by atoms with E-state index in [0.717, 1.165) is 0 Å². The molecule has 1 fully saturated rings. The molecule has 3 heterocycles. The Kier molecular flexibility index (Phi) is 8.42. The van der Waals surface area contributed by atoms with Gasteiger partial charge in [0.25, 0.3) is 5.92 Å². The fourth-order valence-corrected chi connectivity index (χ4v) is 5.27. The number of aliphatic imine (C=N–C) groups is 1. The predicted octanol–water partition coefficient (Wildman–Crippen LogP) is 2.79. The molecule has 1 aromatic heterocycles. The van der Waals surface area contributed by atoms with Gasteiger partial charge in [0.15, 0.2) is 10.8 Å². The van der Waals surface area contributed by atoms with Gasteiger partial charge >= 0.3 is 11.9 Å². The Labute approximate surface area is 228 Å². The number of carbonyl (C=O) groups is 2. The number of esters is 2. The molecule has 210 valence electrons. The molecule has 0 spiro atoms. The Hall–Kier alpha value is -3.29. The average Bonchev–Trinajstić information content (AvgIpc) is 3.51. The number of aromatic nitrogens is 1. The van der Waals surface area contributed by atoms with Gasteiger partial charge in [-0.15, -0.1) is 11.3 Å². The van der Waals surface area contributed by atoms with Crippen molar-refractivity contribution >= 4 is 29.1 Å². The minimum absolute atomic E-state index is 0.0480. The third-order valence-corrected chi connectivity index (χ3v) is 7.39. The predicted molar refractivity (Wildman–Crippen MR) is 139 cm³/mol. The Morgan fingerprint density at radius 1 is 1.26 bits per heavy atom. The highest BCUT2D eigenvalue weighted by Crippen LogP contribution is 2.40. The van der Waals surface area contributed by atoms with Gasteiger partial charge in [0.05, 0.1) is 19.2 Å². The lowest BCUT2D eigenvalue weighted by molar-refractivity contribution is -0.149. The lowest BCUT2D eigenvalue weighted by Crippen LogP contribution is -2.47. The summed E-state index contributed by atoms with van der Waals surface area (Å²) < 4.78 is 53.4. The molecular formula is C26H30F3N5O4S. The monoisotopic (exact) mass is 565 g/mol. The molecule has 0 unspecified atom stereocenters. The van der Waals surface area contributed by atoms with Gasteiger partial charge in [-0.25, -0.2) is 27.9 Å². The molecule has 2 aromatic rings. The van der Waals surface area contributed by atoms with Crippen LogP contribution in [0.15, 0.2) is 52.1 Å². The topological polar surface area (TPSA) is 96.4 Å². The number of nitrogens with one attached hydrogen (secondary N) is 1. The first-order valence-corrected chi connectivity index (χ1v) is 13.1. The van der Waals surface area contributed by atoms with Gasteiger partial charge in [-0.3, -0.25) is 9.69 Å². The van der Waals surface area contributed by atoms with Crippen molar-refractivity contribution in [1.29, 1.82) is 0 Å². The number of rotatable bonds is 9. The van der Waals surface area contributed by atoms with E-state index in [2.05, 4.69) is 10.3 Å². The summed E-state index contributed by atoms with van der Waals surface area (Å²) in [5.41, 5.74) is -0.639. The van der Waals surface area contributed by atoms with Crippen LogP contribution in [-0.2, 0) is 24.6 Å². The number of benzene rings is 1. The first-order valence-electron chi connectivity index (χ1n) is 12.2. The number of hydrogen-bond acceptors (Lipinski definition) is 10. The van der Waals surface area contributed by atoms with Crippen molar-refractivity contribution < 1.29 is 32.2 Å². The van der Waals surface area contributed by atoms with Crippen LogP contribution in [0.4, 0.5) is 13.2 Å². The van der Waals surface area contributed by atoms with Crippen LogP contribution in [0.1, 0.15) is 23.9 Å². The first kappa shape index (κ1) is 28.7. The van der Waals surface area contributed by atoms with Gasteiger partial charge in [0.1, 0.15) is 24.0 Å². The number of nitrogens with zero attached hydrogens (tertiary/aromatic N) is 4. The smallest absolute Gasteiger partial charge is 0.338 e. The second-order valence-electron chi connectivity index (χ2n) is 9.80. The van der Waals surface area contributed by atoms with Gasteiger partial charge in [0.2, 0.25) is 0 Å². The molecule has 1 N–H and O–H groups in total. The van der Waals surface area contributed by atoms with Crippen LogP contribution in [-0.4, -0.2) is 92.0 Å². The lowest BCUT2D eigenvalue weighted by Gasteiger charge is -2.36. The number of thiazole rings is 1. The van der Waals surface area contributed by atoms with E-state index in [9.17, 15) is 22.8 Å². The molecule has 2 aliphatic heterocycles. The van der Waals surface area contributed by atoms with Crippen LogP contribution in [0.3, 0.4) is 0 Å². The third-order valence-electron chi connectivity index (χ3n) is 6.61. The van der Waals surface area contributed by atoms with E-state index in [-0.39, 0.29) is 24.4 Å². The summed E-state index contributed by atoms with van der Waals surface area (Å²) in [6.45, 7) is 1.22. The normalized spacial score (nSPS) is 23.0. The van der Waals surface area contributed by atoms with Crippen molar-refractivity contribution in [3.05, 3.63) is 63.5 Å². The third kappa shape index (κ3) is 6.31. The number of likely N-dealkylation sites (N-methyl/N-ethyl adjacent to an activating group) is 1. The van der Waals surface area contributed by atoms with Crippen LogP contribution in [0, 0.1) is 5.82 Å². The number of carbonyl (C=O) groups excluding carboxylic acids is 2. The Morgan fingerprint density at radius 2 is 1.97 bits per heavy atom. The fourth-order valence-electron chi connectivity index (χ4n) is 4.68. The maximum atomic E-state index is 14.6. The van der Waals surface area contributed by atoms with Crippen LogP contribution in [0.5, 0.6) is 0 Å². The molecule has 4 rings (SSSR count). The Bertz CT molecular complexity index is 1270. The van der Waals surface area contributed by atoms with E-state index in [1.807, 2.05) is 4.90 Å². The summed E-state index contributed by atoms with van der Waals surface area (Å²) in [6, 6.07) is 4.26. The second kappa shape index (κ2) is 11.4. The Morgan fingerprint density at radius 3 is 2.59 bits per heavy atom. The molecule has 0 amide bonds. The molecule has 13 heteroatoms. The van der Waals surface area contributed by atoms with Crippen LogP contribution in [0.25, 0.3) is 0 Å². The number of hydrogen-bond donors (Lipinski definition) is 1. The highest BCUT2D eigenvalue weighted by atomic mass is 32.1. The maximum absolute atomic E-state index is 14.6. The Balaban J connectivity index is 1.76. The van der Waals surface area contributed by atoms with E-state index in [0.29, 0.717) is 23.0 Å². The quantitative estimate of drug-likeness (QED) is 0.464. The average molecular weight is 566 g/mol. The summed E-state index contributed by atoms with van der Waals surface area (Å²) in [7, 11) is 4.81. The zero-order valence-electron chi connectivity index (χ0n) is 22.0. The number of methoxy groups -OCH3 is 1. The SMILES string of the molecule is COC(=O)C1=C(CN2CC(F)(F)C[C@H]2C(=O)OCCN(C)C)NC(c2nccs2)=N[C@@]1(C)c1ccc(F)cc1. The number of ether oxygens (including phenoxy) is 2. The second-order valence-corrected chi connectivity index (χ2v) is 10.7. The van der Waals surface area contributed by atoms with E-state index in [1.54, 1.807) is 32.6 Å². The molecule has 0 radical (unpaired) electrons. The first-order chi connectivity index (χ1) is 18.4. The summed E-state index contributed by atoms with van der Waals surface area (Å²) in [5, 5.41) is 5.33. The molecule has 39 heavy (non-hydrogen) atoms. The summed E-state index contributed by atoms with van der Waals surface area (Å²) in [6.07, 6.45) is 0.872. The molecule has 9 nitrogen and oxygen atoms in total. The zero-order chi connectivity index (χ0) is 28.4. The number of likely N-dealkylation sites (tertiary alicyclic amines) is 1. The van der Waals surface area contributed by atoms with Crippen molar-refractivity contribution in [2.24, 2.45) is 4.99 Å². The molecule has 0 saturated carbocycles. The van der Waals surface area contributed by atoms with Crippen molar-refractivity contribution in [2.45, 2.75) is 30.8 Å². The van der Waals surface area contributed by atoms with Gasteiger partial charge in [-0.1, -0.05) is 12.1 Å². The fraction of sp³-hybridized carbons (Fsp3) is 0.462. The highest BCUT2D eigenvalue weighted by molar-refractivity contribution is 7.11. The molecule has 0 bridgehead atoms. The van der Waals surface area contributed by atoms with E-state index in [4.69, 9.17) is 14.5 Å². The molecule has 1 saturated heterocycles. The standard InChI is InChI=1S/C26H30F3N5O4S/c1-25(16-5-7-17(27)8-6-16)20(24(36)37-4)18(31-21(32-25)22-30-9-12-39-22)14-34-15-26(28,29)13-19(34)23(35)38-11-10-33(2)3/h5-9,12,19H,10-11,13-15H2,1-4H3,(H,31,32)/t19-,25-/m0/s1. The van der Waals surface area contributed by atoms with E-state index >= 15 is 0 Å². The van der Waals surface area contributed by atoms with Gasteiger partial charge in [0, 0.05) is 36.8 Å². The number of amidine groups is 1. The van der Waals surface area contributed by atoms with E-state index < -0.39 is 48.2 Å². The van der Waals surface area contributed by atoms with Crippen molar-refractivity contribution in [3.63, 3.8) is 0 Å².